The van der Waals surface area contributed by atoms with Gasteiger partial charge < -0.3 is 10.1 Å². The number of urea groups is 1. The van der Waals surface area contributed by atoms with E-state index in [1.165, 1.54) is 14.2 Å². The number of nitrogens with one attached hydrogen (secondary N) is 1. The Bertz CT molecular complexity index is 751. The second-order valence-electron chi connectivity index (χ2n) is 6.75. The van der Waals surface area contributed by atoms with Crippen molar-refractivity contribution in [3.05, 3.63) is 23.8 Å². The van der Waals surface area contributed by atoms with Gasteiger partial charge in [-0.3, -0.25) is 19.3 Å². The van der Waals surface area contributed by atoms with Gasteiger partial charge in [-0.1, -0.05) is 26.8 Å². The van der Waals surface area contributed by atoms with Crippen LogP contribution in [0.25, 0.3) is 0 Å². The predicted molar refractivity (Wildman–Crippen MR) is 90.2 cm³/mol. The summed E-state index contributed by atoms with van der Waals surface area (Å²) in [5, 5.41) is 2.63. The predicted octanol–water partition coefficient (Wildman–Crippen LogP) is 1.35. The number of likely N-dealkylation sites (N-methyl/N-ethyl adjacent to an activating group) is 1. The summed E-state index contributed by atoms with van der Waals surface area (Å²) in [6.45, 7) is 5.55. The number of anilines is 1. The number of hydrogen-bond donors (Lipinski definition) is 1. The van der Waals surface area contributed by atoms with E-state index in [0.29, 0.717) is 21.2 Å². The third-order valence-electron chi connectivity index (χ3n) is 3.89. The van der Waals surface area contributed by atoms with Gasteiger partial charge in [0.25, 0.3) is 0 Å². The largest absolute Gasteiger partial charge is 0.495 e. The SMILES string of the molecule is COc1ccc(C(C)(C)C)cc1NC(=O)CN1C(=O)C(=O)N(C)C1=O. The van der Waals surface area contributed by atoms with Crippen LogP contribution in [0.5, 0.6) is 5.75 Å². The van der Waals surface area contributed by atoms with Gasteiger partial charge in [0.1, 0.15) is 12.3 Å². The Balaban J connectivity index is 2.19. The first kappa shape index (κ1) is 18.4. The van der Waals surface area contributed by atoms with Crippen LogP contribution in [0.15, 0.2) is 18.2 Å². The van der Waals surface area contributed by atoms with Gasteiger partial charge in [-0.2, -0.15) is 0 Å². The third kappa shape index (κ3) is 3.62. The Labute approximate surface area is 145 Å². The number of carbonyl (C=O) groups is 4. The zero-order chi connectivity index (χ0) is 18.9. The Morgan fingerprint density at radius 1 is 1.16 bits per heavy atom. The molecule has 1 aromatic rings. The van der Waals surface area contributed by atoms with Gasteiger partial charge in [-0.05, 0) is 23.1 Å². The maximum absolute atomic E-state index is 12.3. The first-order valence-electron chi connectivity index (χ1n) is 7.68. The maximum Gasteiger partial charge on any atom is 0.334 e. The highest BCUT2D eigenvalue weighted by Crippen LogP contribution is 2.31. The van der Waals surface area contributed by atoms with Gasteiger partial charge in [0.2, 0.25) is 5.91 Å². The van der Waals surface area contributed by atoms with E-state index in [4.69, 9.17) is 4.74 Å². The molecule has 0 bridgehead atoms. The Kier molecular flexibility index (Phi) is 4.82. The molecule has 1 saturated heterocycles. The highest BCUT2D eigenvalue weighted by atomic mass is 16.5. The molecular weight excluding hydrogens is 326 g/mol. The molecule has 1 heterocycles. The molecule has 1 fully saturated rings. The molecular formula is C17H21N3O5. The summed E-state index contributed by atoms with van der Waals surface area (Å²) in [5.74, 6) is -2.12. The first-order valence-corrected chi connectivity index (χ1v) is 7.68. The number of amides is 5. The monoisotopic (exact) mass is 347 g/mol. The Morgan fingerprint density at radius 2 is 1.80 bits per heavy atom. The van der Waals surface area contributed by atoms with E-state index < -0.39 is 30.3 Å². The lowest BCUT2D eigenvalue weighted by molar-refractivity contribution is -0.143. The summed E-state index contributed by atoms with van der Waals surface area (Å²) in [5.41, 5.74) is 1.27. The lowest BCUT2D eigenvalue weighted by Crippen LogP contribution is -2.38. The number of rotatable bonds is 4. The Morgan fingerprint density at radius 3 is 2.28 bits per heavy atom. The van der Waals surface area contributed by atoms with Gasteiger partial charge in [0.05, 0.1) is 12.8 Å². The number of nitrogens with zero attached hydrogens (tertiary/aromatic N) is 2. The number of hydrogen-bond acceptors (Lipinski definition) is 5. The van der Waals surface area contributed by atoms with E-state index in [9.17, 15) is 19.2 Å². The normalized spacial score (nSPS) is 15.0. The van der Waals surface area contributed by atoms with Crippen molar-refractivity contribution < 1.29 is 23.9 Å². The van der Waals surface area contributed by atoms with E-state index in [1.807, 2.05) is 26.8 Å². The maximum atomic E-state index is 12.3. The van der Waals surface area contributed by atoms with E-state index in [-0.39, 0.29) is 5.41 Å². The first-order chi connectivity index (χ1) is 11.6. The average Bonchev–Trinajstić information content (AvgIpc) is 2.72. The molecule has 0 aliphatic carbocycles. The standard InChI is InChI=1S/C17H21N3O5/c1-17(2,3)10-6-7-12(25-5)11(8-10)18-13(21)9-20-15(23)14(22)19(4)16(20)24/h6-8H,9H2,1-5H3,(H,18,21). The molecule has 1 N–H and O–H groups in total. The quantitative estimate of drug-likeness (QED) is 0.655. The van der Waals surface area contributed by atoms with Crippen LogP contribution in [-0.2, 0) is 19.8 Å². The van der Waals surface area contributed by atoms with Crippen LogP contribution in [0, 0.1) is 0 Å². The van der Waals surface area contributed by atoms with Gasteiger partial charge >= 0.3 is 17.8 Å². The molecule has 0 radical (unpaired) electrons. The summed E-state index contributed by atoms with van der Waals surface area (Å²) >= 11 is 0. The number of benzene rings is 1. The summed E-state index contributed by atoms with van der Waals surface area (Å²) in [6.07, 6.45) is 0. The van der Waals surface area contributed by atoms with Gasteiger partial charge in [0.15, 0.2) is 0 Å². The van der Waals surface area contributed by atoms with Crippen molar-refractivity contribution in [1.29, 1.82) is 0 Å². The fraction of sp³-hybridized carbons (Fsp3) is 0.412. The fourth-order valence-electron chi connectivity index (χ4n) is 2.36. The van der Waals surface area contributed by atoms with Crippen LogP contribution in [0.3, 0.4) is 0 Å². The number of ether oxygens (including phenoxy) is 1. The van der Waals surface area contributed by atoms with Gasteiger partial charge in [-0.25, -0.2) is 9.69 Å². The minimum Gasteiger partial charge on any atom is -0.495 e. The minimum absolute atomic E-state index is 0.137. The lowest BCUT2D eigenvalue weighted by Gasteiger charge is -2.21. The van der Waals surface area contributed by atoms with Crippen LogP contribution in [0.4, 0.5) is 10.5 Å². The van der Waals surface area contributed by atoms with E-state index in [0.717, 1.165) is 5.56 Å². The van der Waals surface area contributed by atoms with Crippen LogP contribution < -0.4 is 10.1 Å². The summed E-state index contributed by atoms with van der Waals surface area (Å²) < 4.78 is 5.24. The lowest BCUT2D eigenvalue weighted by atomic mass is 9.87. The zero-order valence-electron chi connectivity index (χ0n) is 14.9. The fourth-order valence-corrected chi connectivity index (χ4v) is 2.36. The molecule has 0 atom stereocenters. The molecule has 5 amide bonds. The van der Waals surface area contributed by atoms with Crippen molar-refractivity contribution in [3.8, 4) is 5.75 Å². The number of imide groups is 2. The van der Waals surface area contributed by atoms with Crippen LogP contribution in [0.1, 0.15) is 26.3 Å². The molecule has 134 valence electrons. The van der Waals surface area contributed by atoms with Crippen molar-refractivity contribution in [1.82, 2.24) is 9.80 Å². The van der Waals surface area contributed by atoms with Crippen molar-refractivity contribution in [2.45, 2.75) is 26.2 Å². The highest BCUT2D eigenvalue weighted by molar-refractivity contribution is 6.44. The molecule has 0 aromatic heterocycles. The molecule has 8 heteroatoms. The minimum atomic E-state index is -1.02. The van der Waals surface area contributed by atoms with Crippen LogP contribution >= 0.6 is 0 Å². The molecule has 0 unspecified atom stereocenters. The van der Waals surface area contributed by atoms with Crippen molar-refractivity contribution >= 4 is 29.4 Å². The topological polar surface area (TPSA) is 96.0 Å². The van der Waals surface area contributed by atoms with Crippen molar-refractivity contribution in [2.75, 3.05) is 26.0 Å². The highest BCUT2D eigenvalue weighted by Gasteiger charge is 2.43. The summed E-state index contributed by atoms with van der Waals surface area (Å²) in [6, 6.07) is 4.59. The molecule has 25 heavy (non-hydrogen) atoms. The van der Waals surface area contributed by atoms with E-state index in [1.54, 1.807) is 12.1 Å². The third-order valence-corrected chi connectivity index (χ3v) is 3.89. The summed E-state index contributed by atoms with van der Waals surface area (Å²) in [7, 11) is 2.67. The number of methoxy groups -OCH3 is 1. The second-order valence-corrected chi connectivity index (χ2v) is 6.75. The molecule has 1 aromatic carbocycles. The van der Waals surface area contributed by atoms with Crippen LogP contribution in [0.2, 0.25) is 0 Å². The van der Waals surface area contributed by atoms with Gasteiger partial charge in [0, 0.05) is 7.05 Å². The summed E-state index contributed by atoms with van der Waals surface area (Å²) in [4.78, 5) is 48.6. The van der Waals surface area contributed by atoms with E-state index >= 15 is 0 Å². The molecule has 8 nitrogen and oxygen atoms in total. The van der Waals surface area contributed by atoms with Gasteiger partial charge in [-0.15, -0.1) is 0 Å². The molecule has 1 aliphatic heterocycles. The average molecular weight is 347 g/mol. The smallest absolute Gasteiger partial charge is 0.334 e. The molecule has 0 spiro atoms. The van der Waals surface area contributed by atoms with Crippen LogP contribution in [-0.4, -0.2) is 54.3 Å². The zero-order valence-corrected chi connectivity index (χ0v) is 14.9. The molecule has 1 aliphatic rings. The Hall–Kier alpha value is -2.90. The van der Waals surface area contributed by atoms with E-state index in [2.05, 4.69) is 5.32 Å². The number of carbonyl (C=O) groups excluding carboxylic acids is 4. The van der Waals surface area contributed by atoms with Crippen molar-refractivity contribution in [3.63, 3.8) is 0 Å². The molecule has 2 rings (SSSR count). The molecule has 0 saturated carbocycles. The van der Waals surface area contributed by atoms with Crippen molar-refractivity contribution in [2.24, 2.45) is 0 Å². The second kappa shape index (κ2) is 6.54.